The van der Waals surface area contributed by atoms with E-state index in [9.17, 15) is 35.9 Å². The van der Waals surface area contributed by atoms with Crippen LogP contribution in [0.15, 0.2) is 17.1 Å². The van der Waals surface area contributed by atoms with Crippen molar-refractivity contribution < 1.29 is 35.9 Å². The Morgan fingerprint density at radius 2 is 1.72 bits per heavy atom. The van der Waals surface area contributed by atoms with Gasteiger partial charge in [-0.3, -0.25) is 14.6 Å². The standard InChI is InChI=1S/C18H19F6N3O2/c1-10-9-26(3-4-27(10)17(25-2)18(22,23)24)16(29)7-12(28)5-11-6-14(20)15(21)8-13(11)19/h6,8,10H,3-5,7,9H2,1-2H3/t10-/m0/s1. The summed E-state index contributed by atoms with van der Waals surface area (Å²) in [6.07, 6.45) is -5.86. The van der Waals surface area contributed by atoms with E-state index in [0.717, 1.165) is 11.9 Å². The molecule has 1 aliphatic heterocycles. The molecule has 1 amide bonds. The van der Waals surface area contributed by atoms with Crippen molar-refractivity contribution >= 4 is 17.5 Å². The van der Waals surface area contributed by atoms with E-state index in [-0.39, 0.29) is 25.2 Å². The number of alkyl halides is 3. The minimum Gasteiger partial charge on any atom is -0.347 e. The Kier molecular flexibility index (Phi) is 6.91. The number of carbonyl (C=O) groups is 2. The largest absolute Gasteiger partial charge is 0.449 e. The second-order valence-corrected chi connectivity index (χ2v) is 6.68. The van der Waals surface area contributed by atoms with Crippen LogP contribution in [0.2, 0.25) is 0 Å². The lowest BCUT2D eigenvalue weighted by Gasteiger charge is -2.41. The van der Waals surface area contributed by atoms with Gasteiger partial charge in [-0.2, -0.15) is 13.2 Å². The first kappa shape index (κ1) is 22.7. The van der Waals surface area contributed by atoms with Crippen molar-refractivity contribution in [2.45, 2.75) is 32.0 Å². The van der Waals surface area contributed by atoms with Gasteiger partial charge in [-0.25, -0.2) is 13.2 Å². The maximum atomic E-state index is 13.6. The third-order valence-corrected chi connectivity index (χ3v) is 4.54. The van der Waals surface area contributed by atoms with Gasteiger partial charge in [0, 0.05) is 45.2 Å². The number of amides is 1. The number of carbonyl (C=O) groups excluding carboxylic acids is 2. The number of hydrogen-bond donors (Lipinski definition) is 0. The van der Waals surface area contributed by atoms with Gasteiger partial charge in [0.05, 0.1) is 6.42 Å². The maximum Gasteiger partial charge on any atom is 0.449 e. The van der Waals surface area contributed by atoms with E-state index in [0.29, 0.717) is 12.1 Å². The molecule has 0 spiro atoms. The van der Waals surface area contributed by atoms with Crippen LogP contribution >= 0.6 is 0 Å². The number of piperazine rings is 1. The topological polar surface area (TPSA) is 53.0 Å². The van der Waals surface area contributed by atoms with Gasteiger partial charge < -0.3 is 9.80 Å². The van der Waals surface area contributed by atoms with Crippen molar-refractivity contribution in [2.75, 3.05) is 26.7 Å². The van der Waals surface area contributed by atoms with Gasteiger partial charge in [-0.05, 0) is 18.6 Å². The summed E-state index contributed by atoms with van der Waals surface area (Å²) in [6.45, 7) is 1.27. The Morgan fingerprint density at radius 1 is 1.10 bits per heavy atom. The van der Waals surface area contributed by atoms with Crippen molar-refractivity contribution in [1.29, 1.82) is 0 Å². The lowest BCUT2D eigenvalue weighted by atomic mass is 10.0. The second kappa shape index (κ2) is 8.83. The lowest BCUT2D eigenvalue weighted by Crippen LogP contribution is -2.58. The molecule has 0 unspecified atom stereocenters. The Hall–Kier alpha value is -2.59. The van der Waals surface area contributed by atoms with Crippen LogP contribution in [-0.2, 0) is 16.0 Å². The zero-order valence-corrected chi connectivity index (χ0v) is 15.7. The number of rotatable bonds is 4. The average molecular weight is 423 g/mol. The first-order valence-corrected chi connectivity index (χ1v) is 8.67. The zero-order valence-electron chi connectivity index (χ0n) is 15.7. The van der Waals surface area contributed by atoms with E-state index in [1.807, 2.05) is 0 Å². The van der Waals surface area contributed by atoms with Crippen LogP contribution in [0.3, 0.4) is 0 Å². The van der Waals surface area contributed by atoms with Crippen LogP contribution in [0.25, 0.3) is 0 Å². The van der Waals surface area contributed by atoms with Crippen molar-refractivity contribution in [2.24, 2.45) is 4.99 Å². The second-order valence-electron chi connectivity index (χ2n) is 6.68. The summed E-state index contributed by atoms with van der Waals surface area (Å²) < 4.78 is 78.8. The summed E-state index contributed by atoms with van der Waals surface area (Å²) in [7, 11) is 1.03. The number of hydrogen-bond acceptors (Lipinski definition) is 3. The van der Waals surface area contributed by atoms with E-state index in [1.165, 1.54) is 11.8 Å². The monoisotopic (exact) mass is 423 g/mol. The van der Waals surface area contributed by atoms with Crippen LogP contribution in [0.5, 0.6) is 0 Å². The summed E-state index contributed by atoms with van der Waals surface area (Å²) in [6, 6.07) is 0.178. The van der Waals surface area contributed by atoms with Crippen molar-refractivity contribution in [3.05, 3.63) is 35.1 Å². The smallest absolute Gasteiger partial charge is 0.347 e. The molecule has 2 rings (SSSR count). The average Bonchev–Trinajstić information content (AvgIpc) is 2.60. The summed E-state index contributed by atoms with van der Waals surface area (Å²) >= 11 is 0. The highest BCUT2D eigenvalue weighted by molar-refractivity contribution is 5.99. The molecule has 0 saturated carbocycles. The molecule has 0 bridgehead atoms. The number of halogens is 6. The zero-order chi connectivity index (χ0) is 21.9. The number of amidine groups is 1. The molecule has 0 aromatic heterocycles. The molecule has 0 N–H and O–H groups in total. The van der Waals surface area contributed by atoms with Gasteiger partial charge in [0.25, 0.3) is 0 Å². The van der Waals surface area contributed by atoms with Crippen molar-refractivity contribution in [3.8, 4) is 0 Å². The van der Waals surface area contributed by atoms with Crippen molar-refractivity contribution in [3.63, 3.8) is 0 Å². The van der Waals surface area contributed by atoms with Crippen LogP contribution in [0, 0.1) is 17.5 Å². The fourth-order valence-electron chi connectivity index (χ4n) is 3.17. The molecule has 1 heterocycles. The first-order valence-electron chi connectivity index (χ1n) is 8.67. The van der Waals surface area contributed by atoms with E-state index in [1.54, 1.807) is 0 Å². The van der Waals surface area contributed by atoms with Gasteiger partial charge in [0.2, 0.25) is 11.7 Å². The number of nitrogens with zero attached hydrogens (tertiary/aromatic N) is 3. The van der Waals surface area contributed by atoms with Gasteiger partial charge in [-0.15, -0.1) is 0 Å². The van der Waals surface area contributed by atoms with E-state index in [2.05, 4.69) is 4.99 Å². The summed E-state index contributed by atoms with van der Waals surface area (Å²) in [4.78, 5) is 29.9. The van der Waals surface area contributed by atoms with Gasteiger partial charge in [0.15, 0.2) is 11.6 Å². The van der Waals surface area contributed by atoms with Crippen LogP contribution < -0.4 is 0 Å². The molecule has 1 saturated heterocycles. The molecule has 1 fully saturated rings. The molecule has 1 atom stereocenters. The highest BCUT2D eigenvalue weighted by Crippen LogP contribution is 2.24. The molecule has 1 aromatic carbocycles. The molecular formula is C18H19F6N3O2. The van der Waals surface area contributed by atoms with Crippen LogP contribution in [0.1, 0.15) is 18.9 Å². The molecular weight excluding hydrogens is 404 g/mol. The van der Waals surface area contributed by atoms with E-state index in [4.69, 9.17) is 0 Å². The van der Waals surface area contributed by atoms with Crippen LogP contribution in [-0.4, -0.2) is 66.2 Å². The number of aliphatic imine (C=N–C) groups is 1. The van der Waals surface area contributed by atoms with Gasteiger partial charge in [0.1, 0.15) is 11.6 Å². The molecule has 0 radical (unpaired) electrons. The molecule has 11 heteroatoms. The fraction of sp³-hybridized carbons (Fsp3) is 0.500. The Balaban J connectivity index is 1.97. The lowest BCUT2D eigenvalue weighted by molar-refractivity contribution is -0.137. The van der Waals surface area contributed by atoms with Crippen LogP contribution in [0.4, 0.5) is 26.3 Å². The van der Waals surface area contributed by atoms with E-state index < -0.39 is 60.0 Å². The Morgan fingerprint density at radius 3 is 2.28 bits per heavy atom. The van der Waals surface area contributed by atoms with Gasteiger partial charge >= 0.3 is 6.18 Å². The minimum absolute atomic E-state index is 0.0505. The third kappa shape index (κ3) is 5.48. The molecule has 1 aliphatic rings. The first-order chi connectivity index (χ1) is 13.4. The highest BCUT2D eigenvalue weighted by atomic mass is 19.4. The molecule has 160 valence electrons. The fourth-order valence-corrected chi connectivity index (χ4v) is 3.17. The predicted octanol–water partition coefficient (Wildman–Crippen LogP) is 2.73. The van der Waals surface area contributed by atoms with Gasteiger partial charge in [-0.1, -0.05) is 0 Å². The molecule has 29 heavy (non-hydrogen) atoms. The molecule has 1 aromatic rings. The predicted molar refractivity (Wildman–Crippen MR) is 91.8 cm³/mol. The quantitative estimate of drug-likeness (QED) is 0.246. The molecule has 5 nitrogen and oxygen atoms in total. The summed E-state index contributed by atoms with van der Waals surface area (Å²) in [5, 5.41) is 0. The maximum absolute atomic E-state index is 13.6. The number of Topliss-reactive ketones (excluding diaryl/α,β-unsaturated/α-hetero) is 1. The Bertz CT molecular complexity index is 825. The van der Waals surface area contributed by atoms with Crippen molar-refractivity contribution in [1.82, 2.24) is 9.80 Å². The summed E-state index contributed by atoms with van der Waals surface area (Å²) in [5.74, 6) is -6.21. The molecule has 0 aliphatic carbocycles. The highest BCUT2D eigenvalue weighted by Gasteiger charge is 2.42. The van der Waals surface area contributed by atoms with E-state index >= 15 is 0 Å². The number of ketones is 1. The minimum atomic E-state index is -4.63. The number of benzene rings is 1. The third-order valence-electron chi connectivity index (χ3n) is 4.54. The Labute approximate surface area is 163 Å². The summed E-state index contributed by atoms with van der Waals surface area (Å²) in [5.41, 5.74) is -0.381. The SMILES string of the molecule is CN=C(N1CCN(C(=O)CC(=O)Cc2cc(F)c(F)cc2F)C[C@@H]1C)C(F)(F)F. The normalized spacial score (nSPS) is 18.2.